The Morgan fingerprint density at radius 3 is 2.68 bits per heavy atom. The van der Waals surface area contributed by atoms with E-state index in [0.717, 1.165) is 5.56 Å². The Kier molecular flexibility index (Phi) is 2.71. The van der Waals surface area contributed by atoms with E-state index < -0.39 is 11.6 Å². The van der Waals surface area contributed by atoms with Gasteiger partial charge in [0.2, 0.25) is 0 Å². The number of imidazole rings is 1. The zero-order chi connectivity index (χ0) is 13.6. The minimum absolute atomic E-state index is 0.268. The molecule has 0 unspecified atom stereocenters. The summed E-state index contributed by atoms with van der Waals surface area (Å²) in [6, 6.07) is 9.35. The number of aromatic nitrogens is 2. The Labute approximate surface area is 113 Å². The van der Waals surface area contributed by atoms with E-state index in [4.69, 9.17) is 12.2 Å². The van der Waals surface area contributed by atoms with Gasteiger partial charge in [-0.2, -0.15) is 0 Å². The van der Waals surface area contributed by atoms with E-state index in [1.807, 2.05) is 6.92 Å². The summed E-state index contributed by atoms with van der Waals surface area (Å²) in [4.78, 5) is 2.78. The lowest BCUT2D eigenvalue weighted by atomic mass is 10.2. The molecule has 0 amide bonds. The zero-order valence-corrected chi connectivity index (χ0v) is 10.9. The van der Waals surface area contributed by atoms with Crippen LogP contribution >= 0.6 is 12.2 Å². The van der Waals surface area contributed by atoms with Gasteiger partial charge < -0.3 is 4.98 Å². The lowest BCUT2D eigenvalue weighted by molar-refractivity contribution is 0.618. The van der Waals surface area contributed by atoms with Crippen LogP contribution in [0.25, 0.3) is 16.7 Å². The first kappa shape index (κ1) is 12.0. The summed E-state index contributed by atoms with van der Waals surface area (Å²) in [6.45, 7) is 1.86. The summed E-state index contributed by atoms with van der Waals surface area (Å²) >= 11 is 5.17. The molecule has 3 rings (SSSR count). The van der Waals surface area contributed by atoms with E-state index in [1.165, 1.54) is 16.7 Å². The summed E-state index contributed by atoms with van der Waals surface area (Å²) < 4.78 is 29.4. The number of aryl methyl sites for hydroxylation is 1. The number of nitrogens with one attached hydrogen (secondary N) is 1. The van der Waals surface area contributed by atoms with Gasteiger partial charge in [0.1, 0.15) is 17.2 Å². The van der Waals surface area contributed by atoms with Crippen molar-refractivity contribution in [2.24, 2.45) is 0 Å². The molecule has 3 aromatic rings. The van der Waals surface area contributed by atoms with E-state index in [-0.39, 0.29) is 10.3 Å². The summed E-state index contributed by atoms with van der Waals surface area (Å²) in [7, 11) is 0. The molecular weight excluding hydrogens is 266 g/mol. The number of nitrogens with zero attached hydrogens (tertiary/aromatic N) is 1. The normalized spacial score (nSPS) is 11.1. The van der Waals surface area contributed by atoms with Crippen LogP contribution in [-0.4, -0.2) is 9.55 Å². The maximum absolute atomic E-state index is 14.0. The third-order valence-corrected chi connectivity index (χ3v) is 3.29. The van der Waals surface area contributed by atoms with Crippen LogP contribution in [0, 0.1) is 23.3 Å². The van der Waals surface area contributed by atoms with Crippen LogP contribution < -0.4 is 0 Å². The number of halogens is 2. The number of H-pyrrole nitrogens is 1. The molecule has 0 aliphatic heterocycles. The number of rotatable bonds is 1. The molecule has 0 saturated carbocycles. The summed E-state index contributed by atoms with van der Waals surface area (Å²) in [5.41, 5.74) is 2.04. The van der Waals surface area contributed by atoms with Crippen molar-refractivity contribution < 1.29 is 8.78 Å². The predicted octanol–water partition coefficient (Wildman–Crippen LogP) is 4.27. The summed E-state index contributed by atoms with van der Waals surface area (Å²) in [6.07, 6.45) is 0. The maximum atomic E-state index is 14.0. The molecule has 0 fully saturated rings. The third-order valence-electron chi connectivity index (χ3n) is 3.01. The average molecular weight is 276 g/mol. The SMILES string of the molecule is Cc1ccc(F)c(-n2c(=S)[nH]c3c(F)cccc32)c1. The molecule has 1 aromatic heterocycles. The van der Waals surface area contributed by atoms with Crippen LogP contribution in [0.3, 0.4) is 0 Å². The van der Waals surface area contributed by atoms with Gasteiger partial charge in [-0.05, 0) is 49.0 Å². The van der Waals surface area contributed by atoms with Crippen molar-refractivity contribution in [1.82, 2.24) is 9.55 Å². The smallest absolute Gasteiger partial charge is 0.182 e. The highest BCUT2D eigenvalue weighted by Gasteiger charge is 2.12. The summed E-state index contributed by atoms with van der Waals surface area (Å²) in [5, 5.41) is 0. The van der Waals surface area contributed by atoms with Crippen LogP contribution in [0.1, 0.15) is 5.56 Å². The molecule has 0 radical (unpaired) electrons. The topological polar surface area (TPSA) is 20.7 Å². The van der Waals surface area contributed by atoms with Gasteiger partial charge in [-0.3, -0.25) is 4.57 Å². The van der Waals surface area contributed by atoms with Gasteiger partial charge in [0.05, 0.1) is 11.2 Å². The first-order valence-electron chi connectivity index (χ1n) is 5.73. The van der Waals surface area contributed by atoms with Crippen molar-refractivity contribution in [1.29, 1.82) is 0 Å². The molecule has 0 aliphatic carbocycles. The lowest BCUT2D eigenvalue weighted by Gasteiger charge is -2.07. The van der Waals surface area contributed by atoms with Crippen molar-refractivity contribution in [3.63, 3.8) is 0 Å². The van der Waals surface area contributed by atoms with Crippen LogP contribution in [0.5, 0.6) is 0 Å². The number of para-hydroxylation sites is 1. The maximum Gasteiger partial charge on any atom is 0.182 e. The van der Waals surface area contributed by atoms with Crippen molar-refractivity contribution >= 4 is 23.3 Å². The Morgan fingerprint density at radius 2 is 1.89 bits per heavy atom. The van der Waals surface area contributed by atoms with E-state index in [1.54, 1.807) is 24.3 Å². The van der Waals surface area contributed by atoms with Crippen molar-refractivity contribution in [3.8, 4) is 5.69 Å². The Morgan fingerprint density at radius 1 is 1.11 bits per heavy atom. The fourth-order valence-electron chi connectivity index (χ4n) is 2.13. The third kappa shape index (κ3) is 1.86. The Hall–Kier alpha value is -2.01. The standard InChI is InChI=1S/C14H10F2N2S/c1-8-5-6-9(15)12(7-8)18-11-4-2-3-10(16)13(11)17-14(18)19/h2-7H,1H3,(H,17,19). The van der Waals surface area contributed by atoms with Crippen molar-refractivity contribution in [2.75, 3.05) is 0 Å². The van der Waals surface area contributed by atoms with Crippen LogP contribution in [0.4, 0.5) is 8.78 Å². The van der Waals surface area contributed by atoms with E-state index >= 15 is 0 Å². The second-order valence-electron chi connectivity index (χ2n) is 4.35. The minimum Gasteiger partial charge on any atom is -0.328 e. The molecular formula is C14H10F2N2S. The van der Waals surface area contributed by atoms with Gasteiger partial charge in [0.15, 0.2) is 4.77 Å². The molecule has 0 aliphatic rings. The predicted molar refractivity (Wildman–Crippen MR) is 73.1 cm³/mol. The molecule has 1 N–H and O–H groups in total. The molecule has 2 aromatic carbocycles. The van der Waals surface area contributed by atoms with E-state index in [0.29, 0.717) is 11.2 Å². The second kappa shape index (κ2) is 4.28. The highest BCUT2D eigenvalue weighted by molar-refractivity contribution is 7.71. The Balaban J connectivity index is 2.43. The van der Waals surface area contributed by atoms with E-state index in [9.17, 15) is 8.78 Å². The molecule has 2 nitrogen and oxygen atoms in total. The number of hydrogen-bond donors (Lipinski definition) is 1. The average Bonchev–Trinajstić information content (AvgIpc) is 2.70. The lowest BCUT2D eigenvalue weighted by Crippen LogP contribution is -1.98. The van der Waals surface area contributed by atoms with Crippen LogP contribution in [0.15, 0.2) is 36.4 Å². The highest BCUT2D eigenvalue weighted by atomic mass is 32.1. The first-order chi connectivity index (χ1) is 9.08. The molecule has 19 heavy (non-hydrogen) atoms. The first-order valence-corrected chi connectivity index (χ1v) is 6.14. The minimum atomic E-state index is -0.407. The number of benzene rings is 2. The fourth-order valence-corrected chi connectivity index (χ4v) is 2.43. The van der Waals surface area contributed by atoms with Crippen LogP contribution in [0.2, 0.25) is 0 Å². The molecule has 0 saturated heterocycles. The van der Waals surface area contributed by atoms with Gasteiger partial charge in [0.25, 0.3) is 0 Å². The summed E-state index contributed by atoms with van der Waals surface area (Å²) in [5.74, 6) is -0.803. The largest absolute Gasteiger partial charge is 0.328 e. The van der Waals surface area contributed by atoms with E-state index in [2.05, 4.69) is 4.98 Å². The fraction of sp³-hybridized carbons (Fsp3) is 0.0714. The monoisotopic (exact) mass is 276 g/mol. The molecule has 1 heterocycles. The molecule has 0 spiro atoms. The quantitative estimate of drug-likeness (QED) is 0.658. The van der Waals surface area contributed by atoms with Crippen LogP contribution in [-0.2, 0) is 0 Å². The van der Waals surface area contributed by atoms with Gasteiger partial charge in [-0.15, -0.1) is 0 Å². The zero-order valence-electron chi connectivity index (χ0n) is 10.1. The van der Waals surface area contributed by atoms with Gasteiger partial charge in [-0.1, -0.05) is 12.1 Å². The molecule has 0 atom stereocenters. The molecule has 0 bridgehead atoms. The highest BCUT2D eigenvalue weighted by Crippen LogP contribution is 2.24. The Bertz CT molecular complexity index is 833. The number of fused-ring (bicyclic) bond motifs is 1. The van der Waals surface area contributed by atoms with Crippen molar-refractivity contribution in [3.05, 3.63) is 58.4 Å². The van der Waals surface area contributed by atoms with Crippen molar-refractivity contribution in [2.45, 2.75) is 6.92 Å². The molecule has 96 valence electrons. The van der Waals surface area contributed by atoms with Gasteiger partial charge in [-0.25, -0.2) is 8.78 Å². The number of hydrogen-bond acceptors (Lipinski definition) is 1. The molecule has 5 heteroatoms. The van der Waals surface area contributed by atoms with Gasteiger partial charge in [0, 0.05) is 0 Å². The number of aromatic amines is 1. The second-order valence-corrected chi connectivity index (χ2v) is 4.74. The van der Waals surface area contributed by atoms with Gasteiger partial charge >= 0.3 is 0 Å².